The van der Waals surface area contributed by atoms with E-state index in [1.54, 1.807) is 0 Å². The highest BCUT2D eigenvalue weighted by molar-refractivity contribution is 5.67. The van der Waals surface area contributed by atoms with Crippen LogP contribution in [0.4, 0.5) is 0 Å². The number of fused-ring (bicyclic) bond motifs is 2. The van der Waals surface area contributed by atoms with Gasteiger partial charge in [-0.2, -0.15) is 0 Å². The van der Waals surface area contributed by atoms with Crippen LogP contribution < -0.4 is 10.6 Å². The van der Waals surface area contributed by atoms with Crippen molar-refractivity contribution in [3.63, 3.8) is 0 Å². The van der Waals surface area contributed by atoms with Gasteiger partial charge in [-0.05, 0) is 6.42 Å². The molecule has 2 atom stereocenters. The summed E-state index contributed by atoms with van der Waals surface area (Å²) < 4.78 is 0. The van der Waals surface area contributed by atoms with Gasteiger partial charge in [-0.3, -0.25) is 4.79 Å². The van der Waals surface area contributed by atoms with E-state index in [2.05, 4.69) is 10.6 Å². The van der Waals surface area contributed by atoms with E-state index in [-0.39, 0.29) is 5.54 Å². The summed E-state index contributed by atoms with van der Waals surface area (Å²) in [6.07, 6.45) is 2.97. The molecule has 3 nitrogen and oxygen atoms in total. The maximum absolute atomic E-state index is 10.4. The second kappa shape index (κ2) is 1.55. The van der Waals surface area contributed by atoms with Gasteiger partial charge in [0.1, 0.15) is 0 Å². The quantitative estimate of drug-likeness (QED) is 0.462. The van der Waals surface area contributed by atoms with Gasteiger partial charge in [0.05, 0.1) is 5.54 Å². The predicted molar refractivity (Wildman–Crippen MR) is 32.8 cm³/mol. The number of rotatable bonds is 1. The highest BCUT2D eigenvalue weighted by Crippen LogP contribution is 2.22. The Hall–Kier alpha value is -0.410. The van der Waals surface area contributed by atoms with Gasteiger partial charge in [-0.15, -0.1) is 0 Å². The lowest BCUT2D eigenvalue weighted by molar-refractivity contribution is 0.440. The third kappa shape index (κ3) is 0.618. The van der Waals surface area contributed by atoms with Gasteiger partial charge >= 0.3 is 0 Å². The van der Waals surface area contributed by atoms with Crippen molar-refractivity contribution in [2.45, 2.75) is 18.0 Å². The molecule has 2 rings (SSSR count). The van der Waals surface area contributed by atoms with Crippen molar-refractivity contribution in [2.75, 3.05) is 13.1 Å². The van der Waals surface area contributed by atoms with E-state index in [1.807, 2.05) is 6.29 Å². The molecule has 2 unspecified atom stereocenters. The lowest BCUT2D eigenvalue weighted by Gasteiger charge is -2.19. The van der Waals surface area contributed by atoms with Crippen LogP contribution in [0.5, 0.6) is 0 Å². The summed E-state index contributed by atoms with van der Waals surface area (Å²) in [6.45, 7) is 1.69. The van der Waals surface area contributed by atoms with Gasteiger partial charge < -0.3 is 10.6 Å². The van der Waals surface area contributed by atoms with Crippen molar-refractivity contribution in [1.29, 1.82) is 0 Å². The molecule has 0 aliphatic carbocycles. The van der Waals surface area contributed by atoms with Gasteiger partial charge in [0.15, 0.2) is 0 Å². The fraction of sp³-hybridized carbons (Fsp3) is 0.833. The third-order valence-electron chi connectivity index (χ3n) is 2.17. The van der Waals surface area contributed by atoms with Crippen LogP contribution in [0.2, 0.25) is 0 Å². The molecule has 0 spiro atoms. The largest absolute Gasteiger partial charge is 0.310 e. The first-order valence-electron chi connectivity index (χ1n) is 3.22. The van der Waals surface area contributed by atoms with Gasteiger partial charge in [0.25, 0.3) is 0 Å². The summed E-state index contributed by atoms with van der Waals surface area (Å²) in [5.41, 5.74) is -0.315. The molecule has 9 heavy (non-hydrogen) atoms. The maximum Gasteiger partial charge on any atom is 0.221 e. The van der Waals surface area contributed by atoms with E-state index in [4.69, 9.17) is 0 Å². The second-order valence-electron chi connectivity index (χ2n) is 2.85. The Bertz CT molecular complexity index is 138. The van der Waals surface area contributed by atoms with E-state index < -0.39 is 0 Å². The number of hydrogen-bond donors (Lipinski definition) is 2. The molecule has 1 radical (unpaired) electrons. The summed E-state index contributed by atoms with van der Waals surface area (Å²) in [5, 5.41) is 6.36. The summed E-state index contributed by atoms with van der Waals surface area (Å²) in [5.74, 6) is 0. The second-order valence-corrected chi connectivity index (χ2v) is 2.85. The standard InChI is InChI=1S/C6H9N2O/c9-4-6-1-5(2-8-6)7-3-6/h5,7-8H,1-3H2. The Kier molecular flexibility index (Phi) is 0.926. The third-order valence-corrected chi connectivity index (χ3v) is 2.17. The van der Waals surface area contributed by atoms with Crippen LogP contribution in [-0.4, -0.2) is 31.0 Å². The number of carbonyl (C=O) groups excluding carboxylic acids is 1. The van der Waals surface area contributed by atoms with Crippen LogP contribution in [0.15, 0.2) is 0 Å². The molecule has 0 aromatic carbocycles. The minimum atomic E-state index is -0.315. The lowest BCUT2D eigenvalue weighted by Crippen LogP contribution is -2.50. The van der Waals surface area contributed by atoms with Crippen LogP contribution in [0, 0.1) is 0 Å². The molecule has 0 aromatic heterocycles. The van der Waals surface area contributed by atoms with Crippen LogP contribution in [0.1, 0.15) is 6.42 Å². The molecular formula is C6H9N2O. The Morgan fingerprint density at radius 2 is 2.56 bits per heavy atom. The zero-order valence-electron chi connectivity index (χ0n) is 5.11. The fourth-order valence-electron chi connectivity index (χ4n) is 1.59. The average molecular weight is 125 g/mol. The molecule has 49 valence electrons. The molecule has 0 aromatic rings. The van der Waals surface area contributed by atoms with Gasteiger partial charge in [0, 0.05) is 19.1 Å². The summed E-state index contributed by atoms with van der Waals surface area (Å²) in [7, 11) is 0. The molecule has 2 N–H and O–H groups in total. The van der Waals surface area contributed by atoms with Gasteiger partial charge in [-0.1, -0.05) is 0 Å². The van der Waals surface area contributed by atoms with E-state index in [0.29, 0.717) is 6.04 Å². The first-order chi connectivity index (χ1) is 4.35. The van der Waals surface area contributed by atoms with Crippen molar-refractivity contribution >= 4 is 6.29 Å². The van der Waals surface area contributed by atoms with Crippen molar-refractivity contribution < 1.29 is 4.79 Å². The zero-order valence-corrected chi connectivity index (χ0v) is 5.11. The molecule has 2 heterocycles. The summed E-state index contributed by atoms with van der Waals surface area (Å²) in [6, 6.07) is 0.520. The summed E-state index contributed by atoms with van der Waals surface area (Å²) in [4.78, 5) is 10.4. The molecule has 2 aliphatic heterocycles. The molecule has 2 bridgehead atoms. The van der Waals surface area contributed by atoms with E-state index in [0.717, 1.165) is 19.5 Å². The van der Waals surface area contributed by atoms with Crippen molar-refractivity contribution in [2.24, 2.45) is 0 Å². The van der Waals surface area contributed by atoms with Gasteiger partial charge in [0.2, 0.25) is 6.29 Å². The van der Waals surface area contributed by atoms with Crippen molar-refractivity contribution in [3.8, 4) is 0 Å². The summed E-state index contributed by atoms with van der Waals surface area (Å²) >= 11 is 0. The molecule has 3 heteroatoms. The Balaban J connectivity index is 2.21. The SMILES string of the molecule is O=[C]C12CNC(CN1)C2. The Morgan fingerprint density at radius 3 is 2.78 bits per heavy atom. The Labute approximate surface area is 53.8 Å². The molecule has 2 saturated heterocycles. The van der Waals surface area contributed by atoms with E-state index >= 15 is 0 Å². The first-order valence-corrected chi connectivity index (χ1v) is 3.22. The van der Waals surface area contributed by atoms with Crippen LogP contribution in [-0.2, 0) is 4.79 Å². The van der Waals surface area contributed by atoms with Crippen LogP contribution in [0.3, 0.4) is 0 Å². The average Bonchev–Trinajstić information content (AvgIpc) is 2.46. The molecular weight excluding hydrogens is 116 g/mol. The van der Waals surface area contributed by atoms with E-state index in [1.165, 1.54) is 0 Å². The predicted octanol–water partition coefficient (Wildman–Crippen LogP) is -1.20. The number of hydrogen-bond acceptors (Lipinski definition) is 3. The number of piperazine rings is 1. The monoisotopic (exact) mass is 125 g/mol. The molecule has 0 amide bonds. The van der Waals surface area contributed by atoms with Crippen LogP contribution in [0.25, 0.3) is 0 Å². The first kappa shape index (κ1) is 5.38. The van der Waals surface area contributed by atoms with Crippen molar-refractivity contribution in [3.05, 3.63) is 0 Å². The lowest BCUT2D eigenvalue weighted by atomic mass is 10.0. The van der Waals surface area contributed by atoms with Crippen molar-refractivity contribution in [1.82, 2.24) is 10.6 Å². The molecule has 2 aliphatic rings. The number of nitrogens with one attached hydrogen (secondary N) is 2. The fourth-order valence-corrected chi connectivity index (χ4v) is 1.59. The highest BCUT2D eigenvalue weighted by Gasteiger charge is 2.45. The molecule has 2 fully saturated rings. The van der Waals surface area contributed by atoms with Crippen LogP contribution >= 0.6 is 0 Å². The maximum atomic E-state index is 10.4. The zero-order chi connectivity index (χ0) is 6.32. The van der Waals surface area contributed by atoms with E-state index in [9.17, 15) is 4.79 Å². The normalized spacial score (nSPS) is 47.8. The minimum Gasteiger partial charge on any atom is -0.310 e. The topological polar surface area (TPSA) is 41.1 Å². The minimum absolute atomic E-state index is 0.315. The smallest absolute Gasteiger partial charge is 0.221 e. The molecule has 0 saturated carbocycles. The highest BCUT2D eigenvalue weighted by atomic mass is 16.1. The Morgan fingerprint density at radius 1 is 1.67 bits per heavy atom. The van der Waals surface area contributed by atoms with Gasteiger partial charge in [-0.25, -0.2) is 0 Å².